The van der Waals surface area contributed by atoms with Crippen LogP contribution in [-0.4, -0.2) is 44.3 Å². The topological polar surface area (TPSA) is 92.8 Å². The first-order chi connectivity index (χ1) is 13.8. The van der Waals surface area contributed by atoms with Crippen molar-refractivity contribution in [2.45, 2.75) is 24.7 Å². The molecule has 1 aromatic carbocycles. The van der Waals surface area contributed by atoms with Crippen molar-refractivity contribution in [2.24, 2.45) is 5.92 Å². The molecule has 29 heavy (non-hydrogen) atoms. The summed E-state index contributed by atoms with van der Waals surface area (Å²) in [7, 11) is -3.71. The molecule has 1 unspecified atom stereocenters. The van der Waals surface area contributed by atoms with E-state index in [2.05, 4.69) is 5.32 Å². The molecule has 0 radical (unpaired) electrons. The molecule has 0 spiro atoms. The fourth-order valence-electron chi connectivity index (χ4n) is 3.12. The van der Waals surface area contributed by atoms with E-state index in [4.69, 9.17) is 16.3 Å². The molecule has 10 heteroatoms. The average Bonchev–Trinajstić information content (AvgIpc) is 3.17. The first-order valence-electron chi connectivity index (χ1n) is 9.14. The normalized spacial score (nSPS) is 17.7. The zero-order valence-electron chi connectivity index (χ0n) is 15.8. The van der Waals surface area contributed by atoms with Gasteiger partial charge in [0.25, 0.3) is 0 Å². The Balaban J connectivity index is 1.71. The molecule has 0 saturated carbocycles. The molecule has 1 atom stereocenters. The lowest BCUT2D eigenvalue weighted by Crippen LogP contribution is -2.43. The number of sulfonamides is 1. The van der Waals surface area contributed by atoms with Crippen LogP contribution in [0.3, 0.4) is 0 Å². The number of hydrogen-bond acceptors (Lipinski definition) is 6. The van der Waals surface area contributed by atoms with Crippen molar-refractivity contribution in [3.8, 4) is 0 Å². The Morgan fingerprint density at radius 2 is 2.00 bits per heavy atom. The van der Waals surface area contributed by atoms with Crippen molar-refractivity contribution in [1.82, 2.24) is 4.31 Å². The van der Waals surface area contributed by atoms with Gasteiger partial charge in [-0.05, 0) is 55.5 Å². The highest BCUT2D eigenvalue weighted by Crippen LogP contribution is 2.28. The van der Waals surface area contributed by atoms with Crippen LogP contribution in [0.2, 0.25) is 5.02 Å². The van der Waals surface area contributed by atoms with E-state index in [0.717, 1.165) is 0 Å². The maximum Gasteiger partial charge on any atom is 0.341 e. The van der Waals surface area contributed by atoms with Gasteiger partial charge in [0.1, 0.15) is 5.00 Å². The van der Waals surface area contributed by atoms with E-state index in [1.807, 2.05) is 0 Å². The largest absolute Gasteiger partial charge is 0.462 e. The fraction of sp³-hybridized carbons (Fsp3) is 0.368. The maximum absolute atomic E-state index is 12.9. The monoisotopic (exact) mass is 456 g/mol. The summed E-state index contributed by atoms with van der Waals surface area (Å²) in [5.74, 6) is -1.32. The third-order valence-corrected chi connectivity index (χ3v) is 7.56. The van der Waals surface area contributed by atoms with Gasteiger partial charge >= 0.3 is 5.97 Å². The third-order valence-electron chi connectivity index (χ3n) is 4.60. The van der Waals surface area contributed by atoms with Crippen LogP contribution in [0.15, 0.2) is 40.6 Å². The molecule has 2 heterocycles. The summed E-state index contributed by atoms with van der Waals surface area (Å²) in [6, 6.07) is 7.56. The number of hydrogen-bond donors (Lipinski definition) is 1. The van der Waals surface area contributed by atoms with Crippen molar-refractivity contribution in [3.63, 3.8) is 0 Å². The number of amides is 1. The molecule has 1 N–H and O–H groups in total. The highest BCUT2D eigenvalue weighted by Gasteiger charge is 2.33. The first kappa shape index (κ1) is 21.8. The van der Waals surface area contributed by atoms with Crippen LogP contribution < -0.4 is 5.32 Å². The van der Waals surface area contributed by atoms with Crippen molar-refractivity contribution >= 4 is 49.8 Å². The standard InChI is InChI=1S/C19H21ClN2O5S2/c1-2-27-19(24)16-9-11-28-18(16)21-17(23)13-4-3-10-22(12-13)29(25,26)15-7-5-14(20)6-8-15/h5-9,11,13H,2-4,10,12H2,1H3,(H,21,23). The summed E-state index contributed by atoms with van der Waals surface area (Å²) in [5.41, 5.74) is 0.298. The van der Waals surface area contributed by atoms with Gasteiger partial charge in [0, 0.05) is 18.1 Å². The predicted octanol–water partition coefficient (Wildman–Crippen LogP) is 3.62. The van der Waals surface area contributed by atoms with Gasteiger partial charge in [-0.3, -0.25) is 4.79 Å². The molecule has 1 aliphatic heterocycles. The number of benzene rings is 1. The zero-order chi connectivity index (χ0) is 21.0. The van der Waals surface area contributed by atoms with Gasteiger partial charge in [-0.2, -0.15) is 4.31 Å². The lowest BCUT2D eigenvalue weighted by Gasteiger charge is -2.31. The van der Waals surface area contributed by atoms with Crippen LogP contribution in [0.5, 0.6) is 0 Å². The van der Waals surface area contributed by atoms with Gasteiger partial charge in [0.2, 0.25) is 15.9 Å². The molecule has 3 rings (SSSR count). The molecule has 0 aliphatic carbocycles. The number of thiophene rings is 1. The SMILES string of the molecule is CCOC(=O)c1ccsc1NC(=O)C1CCCN(S(=O)(=O)c2ccc(Cl)cc2)C1. The highest BCUT2D eigenvalue weighted by molar-refractivity contribution is 7.89. The number of ether oxygens (including phenoxy) is 1. The average molecular weight is 457 g/mol. The molecule has 1 aromatic heterocycles. The van der Waals surface area contributed by atoms with Gasteiger partial charge in [-0.1, -0.05) is 11.6 Å². The van der Waals surface area contributed by atoms with Crippen molar-refractivity contribution < 1.29 is 22.7 Å². The molecule has 0 bridgehead atoms. The Morgan fingerprint density at radius 1 is 1.28 bits per heavy atom. The van der Waals surface area contributed by atoms with E-state index in [-0.39, 0.29) is 24.0 Å². The van der Waals surface area contributed by atoms with Crippen LogP contribution in [0.4, 0.5) is 5.00 Å². The highest BCUT2D eigenvalue weighted by atomic mass is 35.5. The minimum absolute atomic E-state index is 0.0803. The Kier molecular flexibility index (Phi) is 6.94. The summed E-state index contributed by atoms with van der Waals surface area (Å²) in [5, 5.41) is 5.31. The Hall–Kier alpha value is -1.94. The van der Waals surface area contributed by atoms with Crippen molar-refractivity contribution in [2.75, 3.05) is 25.0 Å². The molecule has 156 valence electrons. The number of carbonyl (C=O) groups is 2. The van der Waals surface area contributed by atoms with Crippen LogP contribution in [0, 0.1) is 5.92 Å². The van der Waals surface area contributed by atoms with E-state index < -0.39 is 21.9 Å². The molecule has 2 aromatic rings. The number of esters is 1. The summed E-state index contributed by atoms with van der Waals surface area (Å²) >= 11 is 7.06. The second kappa shape index (κ2) is 9.25. The molecular formula is C19H21ClN2O5S2. The molecule has 1 saturated heterocycles. The number of halogens is 1. The van der Waals surface area contributed by atoms with E-state index in [1.165, 1.54) is 39.9 Å². The molecule has 1 fully saturated rings. The number of piperidine rings is 1. The van der Waals surface area contributed by atoms with Crippen molar-refractivity contribution in [3.05, 3.63) is 46.3 Å². The predicted molar refractivity (Wildman–Crippen MR) is 112 cm³/mol. The Bertz CT molecular complexity index is 988. The molecular weight excluding hydrogens is 436 g/mol. The lowest BCUT2D eigenvalue weighted by molar-refractivity contribution is -0.120. The lowest BCUT2D eigenvalue weighted by atomic mass is 9.99. The van der Waals surface area contributed by atoms with Gasteiger partial charge in [0.15, 0.2) is 0 Å². The number of nitrogens with zero attached hydrogens (tertiary/aromatic N) is 1. The van der Waals surface area contributed by atoms with E-state index in [0.29, 0.717) is 35.0 Å². The minimum atomic E-state index is -3.71. The molecule has 1 amide bonds. The van der Waals surface area contributed by atoms with E-state index >= 15 is 0 Å². The third kappa shape index (κ3) is 4.98. The number of rotatable bonds is 6. The summed E-state index contributed by atoms with van der Waals surface area (Å²) in [4.78, 5) is 24.9. The summed E-state index contributed by atoms with van der Waals surface area (Å²) in [6.07, 6.45) is 1.14. The van der Waals surface area contributed by atoms with Crippen LogP contribution in [0.25, 0.3) is 0 Å². The Labute approximate surface area is 178 Å². The van der Waals surface area contributed by atoms with Gasteiger partial charge < -0.3 is 10.1 Å². The van der Waals surface area contributed by atoms with Gasteiger partial charge in [-0.15, -0.1) is 11.3 Å². The quantitative estimate of drug-likeness (QED) is 0.670. The fourth-order valence-corrected chi connectivity index (χ4v) is 5.55. The molecule has 7 nitrogen and oxygen atoms in total. The number of anilines is 1. The van der Waals surface area contributed by atoms with Gasteiger partial charge in [-0.25, -0.2) is 13.2 Å². The summed E-state index contributed by atoms with van der Waals surface area (Å²) in [6.45, 7) is 2.38. The summed E-state index contributed by atoms with van der Waals surface area (Å²) < 4.78 is 32.1. The van der Waals surface area contributed by atoms with Gasteiger partial charge in [0.05, 0.1) is 23.0 Å². The maximum atomic E-state index is 12.9. The van der Waals surface area contributed by atoms with E-state index in [9.17, 15) is 18.0 Å². The molecule has 1 aliphatic rings. The van der Waals surface area contributed by atoms with Crippen LogP contribution in [0.1, 0.15) is 30.1 Å². The van der Waals surface area contributed by atoms with Crippen LogP contribution >= 0.6 is 22.9 Å². The number of nitrogens with one attached hydrogen (secondary N) is 1. The number of carbonyl (C=O) groups excluding carboxylic acids is 2. The van der Waals surface area contributed by atoms with Crippen molar-refractivity contribution in [1.29, 1.82) is 0 Å². The minimum Gasteiger partial charge on any atom is -0.462 e. The first-order valence-corrected chi connectivity index (χ1v) is 11.8. The second-order valence-electron chi connectivity index (χ2n) is 6.53. The Morgan fingerprint density at radius 3 is 2.69 bits per heavy atom. The zero-order valence-corrected chi connectivity index (χ0v) is 18.1. The van der Waals surface area contributed by atoms with Crippen LogP contribution in [-0.2, 0) is 19.6 Å². The second-order valence-corrected chi connectivity index (χ2v) is 9.82. The van der Waals surface area contributed by atoms with E-state index in [1.54, 1.807) is 18.4 Å². The smallest absolute Gasteiger partial charge is 0.341 e.